The van der Waals surface area contributed by atoms with Crippen LogP contribution < -0.4 is 10.4 Å². The Morgan fingerprint density at radius 1 is 0.740 bits per heavy atom. The molecule has 0 aliphatic rings. The molecule has 0 radical (unpaired) electrons. The minimum atomic E-state index is -6.53. The second-order valence-electron chi connectivity index (χ2n) is 15.0. The van der Waals surface area contributed by atoms with Crippen LogP contribution in [-0.4, -0.2) is 42.9 Å². The topological polar surface area (TPSA) is 65.7 Å². The van der Waals surface area contributed by atoms with Crippen LogP contribution in [-0.2, 0) is 16.0 Å². The number of ether oxygens (including phenoxy) is 2. The molecule has 0 amide bonds. The molecule has 13 heteroatoms. The van der Waals surface area contributed by atoms with Gasteiger partial charge in [0.25, 0.3) is 0 Å². The number of hydrogen-bond acceptors (Lipinski definition) is 5. The first-order valence-corrected chi connectivity index (χ1v) is 16.2. The van der Waals surface area contributed by atoms with Gasteiger partial charge in [-0.25, -0.2) is 4.79 Å². The zero-order valence-corrected chi connectivity index (χ0v) is 29.4. The first kappa shape index (κ1) is 40.8. The third-order valence-electron chi connectivity index (χ3n) is 9.03. The van der Waals surface area contributed by atoms with Gasteiger partial charge in [0, 0.05) is 11.5 Å². The zero-order valence-electron chi connectivity index (χ0n) is 29.4. The van der Waals surface area contributed by atoms with Crippen LogP contribution in [0.1, 0.15) is 80.2 Å². The molecule has 0 saturated heterocycles. The van der Waals surface area contributed by atoms with Crippen molar-refractivity contribution in [2.24, 2.45) is 16.2 Å². The monoisotopic (exact) mass is 720 g/mol. The van der Waals surface area contributed by atoms with Crippen LogP contribution in [0.5, 0.6) is 5.75 Å². The molecule has 1 unspecified atom stereocenters. The lowest BCUT2D eigenvalue weighted by molar-refractivity contribution is -0.369. The Kier molecular flexibility index (Phi) is 11.6. The van der Waals surface area contributed by atoms with Gasteiger partial charge in [0.15, 0.2) is 0 Å². The summed E-state index contributed by atoms with van der Waals surface area (Å²) in [6, 6.07) is 12.5. The lowest BCUT2D eigenvalue weighted by Gasteiger charge is -2.43. The first-order valence-electron chi connectivity index (χ1n) is 16.2. The fraction of sp³-hybridized carbons (Fsp3) is 0.568. The van der Waals surface area contributed by atoms with Crippen LogP contribution in [0.4, 0.5) is 35.1 Å². The molecule has 0 bridgehead atoms. The van der Waals surface area contributed by atoms with Crippen molar-refractivity contribution < 1.29 is 53.8 Å². The van der Waals surface area contributed by atoms with Crippen molar-refractivity contribution in [2.45, 2.75) is 105 Å². The van der Waals surface area contributed by atoms with Gasteiger partial charge >= 0.3 is 35.3 Å². The minimum Gasteiger partial charge on any atom is -0.493 e. The van der Waals surface area contributed by atoms with Crippen LogP contribution in [0.25, 0.3) is 22.1 Å². The van der Waals surface area contributed by atoms with E-state index < -0.39 is 77.6 Å². The number of rotatable bonds is 14. The summed E-state index contributed by atoms with van der Waals surface area (Å²) in [5.41, 5.74) is -1.43. The van der Waals surface area contributed by atoms with Crippen molar-refractivity contribution in [1.29, 1.82) is 0 Å². The van der Waals surface area contributed by atoms with Crippen LogP contribution in [0.3, 0.4) is 0 Å². The van der Waals surface area contributed by atoms with E-state index in [9.17, 15) is 44.7 Å². The molecule has 0 aliphatic carbocycles. The van der Waals surface area contributed by atoms with E-state index >= 15 is 0 Å². The summed E-state index contributed by atoms with van der Waals surface area (Å²) in [5.74, 6) is -25.6. The van der Waals surface area contributed by atoms with Gasteiger partial charge in [0.1, 0.15) is 11.3 Å². The van der Waals surface area contributed by atoms with Crippen molar-refractivity contribution in [3.8, 4) is 16.9 Å². The van der Waals surface area contributed by atoms with E-state index in [4.69, 9.17) is 13.9 Å². The molecule has 0 N–H and O–H groups in total. The fourth-order valence-corrected chi connectivity index (χ4v) is 5.67. The number of carbonyl (C=O) groups is 1. The Bertz CT molecular complexity index is 1720. The number of fused-ring (bicyclic) bond motifs is 1. The largest absolute Gasteiger partial charge is 0.493 e. The number of alkyl halides is 8. The van der Waals surface area contributed by atoms with E-state index in [2.05, 4.69) is 0 Å². The van der Waals surface area contributed by atoms with Crippen molar-refractivity contribution in [3.05, 3.63) is 64.5 Å². The first-order chi connectivity index (χ1) is 22.7. The molecule has 1 heterocycles. The normalized spacial score (nSPS) is 14.8. The second kappa shape index (κ2) is 14.2. The Morgan fingerprint density at radius 3 is 1.84 bits per heavy atom. The molecule has 1 aromatic heterocycles. The predicted octanol–water partition coefficient (Wildman–Crippen LogP) is 10.8. The third kappa shape index (κ3) is 8.28. The summed E-state index contributed by atoms with van der Waals surface area (Å²) in [7, 11) is 0. The van der Waals surface area contributed by atoms with Gasteiger partial charge in [-0.1, -0.05) is 72.7 Å². The van der Waals surface area contributed by atoms with Crippen LogP contribution in [0.15, 0.2) is 57.7 Å². The van der Waals surface area contributed by atoms with Crippen molar-refractivity contribution >= 4 is 16.9 Å². The fourth-order valence-electron chi connectivity index (χ4n) is 5.67. The Hall–Kier alpha value is -3.64. The highest BCUT2D eigenvalue weighted by Gasteiger charge is 2.79. The summed E-state index contributed by atoms with van der Waals surface area (Å²) >= 11 is 0. The third-order valence-corrected chi connectivity index (χ3v) is 9.03. The summed E-state index contributed by atoms with van der Waals surface area (Å²) in [4.78, 5) is 25.7. The molecular formula is C37H44F8O5. The summed E-state index contributed by atoms with van der Waals surface area (Å²) in [5, 5.41) is 0.416. The van der Waals surface area contributed by atoms with Gasteiger partial charge in [0.05, 0.1) is 37.0 Å². The second-order valence-corrected chi connectivity index (χ2v) is 15.0. The lowest BCUT2D eigenvalue weighted by Crippen LogP contribution is -2.62. The van der Waals surface area contributed by atoms with E-state index in [0.717, 1.165) is 11.6 Å². The maximum Gasteiger partial charge on any atom is 0.378 e. The number of hydrogen-bond donors (Lipinski definition) is 0. The number of halogens is 8. The SMILES string of the molecule is CCc1ccccc1-c1cc2ccc(OCCC(F)(F)C(F)(F)C(F)(F)C(F)(F)CCOC(=O)C(C)(CC(C)(C)C)C(C)(C)C)cc2oc1=O. The van der Waals surface area contributed by atoms with Gasteiger partial charge in [-0.15, -0.1) is 0 Å². The van der Waals surface area contributed by atoms with Crippen molar-refractivity contribution in [2.75, 3.05) is 13.2 Å². The van der Waals surface area contributed by atoms with Gasteiger partial charge in [-0.05, 0) is 59.9 Å². The molecule has 0 spiro atoms. The van der Waals surface area contributed by atoms with Gasteiger partial charge in [-0.3, -0.25) is 4.79 Å². The summed E-state index contributed by atoms with van der Waals surface area (Å²) < 4.78 is 132. The molecule has 50 heavy (non-hydrogen) atoms. The summed E-state index contributed by atoms with van der Waals surface area (Å²) in [6.45, 7) is 11.3. The van der Waals surface area contributed by atoms with Crippen LogP contribution in [0.2, 0.25) is 0 Å². The molecule has 0 aliphatic heterocycles. The molecule has 2 aromatic carbocycles. The maximum absolute atomic E-state index is 14.6. The molecular weight excluding hydrogens is 676 g/mol. The highest BCUT2D eigenvalue weighted by Crippen LogP contribution is 2.55. The van der Waals surface area contributed by atoms with E-state index in [-0.39, 0.29) is 23.3 Å². The number of esters is 1. The zero-order chi connectivity index (χ0) is 38.1. The minimum absolute atomic E-state index is 0.0320. The van der Waals surface area contributed by atoms with Crippen LogP contribution >= 0.6 is 0 Å². The average Bonchev–Trinajstić information content (AvgIpc) is 2.98. The highest BCUT2D eigenvalue weighted by atomic mass is 19.4. The number of carbonyl (C=O) groups excluding carboxylic acids is 1. The average molecular weight is 721 g/mol. The Balaban J connectivity index is 1.70. The van der Waals surface area contributed by atoms with Gasteiger partial charge in [0.2, 0.25) is 0 Å². The molecule has 3 aromatic rings. The van der Waals surface area contributed by atoms with E-state index in [1.54, 1.807) is 39.0 Å². The highest BCUT2D eigenvalue weighted by molar-refractivity contribution is 5.83. The molecule has 5 nitrogen and oxygen atoms in total. The Morgan fingerprint density at radius 2 is 1.30 bits per heavy atom. The maximum atomic E-state index is 14.6. The van der Waals surface area contributed by atoms with Crippen LogP contribution in [0, 0.1) is 16.2 Å². The van der Waals surface area contributed by atoms with Crippen molar-refractivity contribution in [3.63, 3.8) is 0 Å². The number of benzene rings is 2. The molecule has 0 fully saturated rings. The van der Waals surface area contributed by atoms with E-state index in [0.29, 0.717) is 17.4 Å². The lowest BCUT2D eigenvalue weighted by atomic mass is 9.61. The van der Waals surface area contributed by atoms with E-state index in [1.807, 2.05) is 39.8 Å². The predicted molar refractivity (Wildman–Crippen MR) is 174 cm³/mol. The molecule has 0 saturated carbocycles. The standard InChI is InChI=1S/C37H44F8O5/c1-9-23-12-10-11-13-26(23)27-20-24-14-15-25(21-28(24)50-29(27)46)48-18-16-34(38,39)36(42,43)37(44,45)35(40,41)17-19-49-30(47)33(8,32(5,6)7)22-31(2,3)4/h10-15,20-21H,9,16-19,22H2,1-8H3. The van der Waals surface area contributed by atoms with E-state index in [1.165, 1.54) is 19.1 Å². The molecule has 1 atom stereocenters. The van der Waals surface area contributed by atoms with Gasteiger partial charge < -0.3 is 13.9 Å². The molecule has 278 valence electrons. The molecule has 3 rings (SSSR count). The summed E-state index contributed by atoms with van der Waals surface area (Å²) in [6.07, 6.45) is -3.34. The van der Waals surface area contributed by atoms with Crippen molar-refractivity contribution in [1.82, 2.24) is 0 Å². The smallest absolute Gasteiger partial charge is 0.378 e. The number of aryl methyl sites for hydroxylation is 1. The van der Waals surface area contributed by atoms with Gasteiger partial charge in [-0.2, -0.15) is 35.1 Å². The Labute approximate surface area is 286 Å². The quantitative estimate of drug-likeness (QED) is 0.0942.